The molecule has 42 heavy (non-hydrogen) atoms. The molecule has 10 heteroatoms. The average molecular weight is 635 g/mol. The largest absolute Gasteiger partial charge is 0.344 e. The van der Waals surface area contributed by atoms with Gasteiger partial charge in [-0.25, -0.2) is 0 Å². The van der Waals surface area contributed by atoms with E-state index >= 15 is 0 Å². The van der Waals surface area contributed by atoms with Crippen LogP contribution in [0.4, 0.5) is 0 Å². The fraction of sp³-hybridized carbons (Fsp3) is 1.00. The van der Waals surface area contributed by atoms with Crippen molar-refractivity contribution >= 4 is 0 Å². The van der Waals surface area contributed by atoms with E-state index in [0.29, 0.717) is 49.3 Å². The summed E-state index contributed by atoms with van der Waals surface area (Å²) in [5.74, 6) is 5.97. The number of hydrogen-bond donors (Lipinski definition) is 9. The van der Waals surface area contributed by atoms with Crippen molar-refractivity contribution in [1.29, 1.82) is 0 Å². The van der Waals surface area contributed by atoms with E-state index in [2.05, 4.69) is 42.5 Å². The molecule has 8 atom stereocenters. The standard InChI is InChI=1S/C32H56N8.H3N.Zn/c1-2-10-18-17(9-1)25-33-26(18)38-28-21-13-5-6-14-22(21)30(35-28)40-32-24-16-8-7-15-23(24)31(36-32)39-29-20-12-4-3-11-19(20)27(34-29)37-25;;/h17-40H,1-16H2;1H3;. The molecule has 234 valence electrons. The molecule has 4 saturated carbocycles. The van der Waals surface area contributed by atoms with Gasteiger partial charge in [-0.3, -0.25) is 42.5 Å². The summed E-state index contributed by atoms with van der Waals surface area (Å²) in [5, 5.41) is 33.8. The van der Waals surface area contributed by atoms with Gasteiger partial charge in [-0.2, -0.15) is 0 Å². The minimum atomic E-state index is 0. The van der Waals surface area contributed by atoms with E-state index in [9.17, 15) is 0 Å². The van der Waals surface area contributed by atoms with E-state index in [4.69, 9.17) is 0 Å². The Morgan fingerprint density at radius 2 is 0.357 bits per heavy atom. The maximum Gasteiger partial charge on any atom is 0.0628 e. The second-order valence-electron chi connectivity index (χ2n) is 15.6. The van der Waals surface area contributed by atoms with Gasteiger partial charge in [-0.05, 0) is 98.7 Å². The maximum atomic E-state index is 4.26. The second kappa shape index (κ2) is 12.8. The van der Waals surface area contributed by atoms with Crippen molar-refractivity contribution in [3.8, 4) is 0 Å². The van der Waals surface area contributed by atoms with Gasteiger partial charge >= 0.3 is 0 Å². The predicted molar refractivity (Wildman–Crippen MR) is 162 cm³/mol. The van der Waals surface area contributed by atoms with Crippen LogP contribution in [0.1, 0.15) is 103 Å². The summed E-state index contributed by atoms with van der Waals surface area (Å²) in [6, 6.07) is 0. The molecule has 8 bridgehead atoms. The average Bonchev–Trinajstić information content (AvgIpc) is 3.73. The molecule has 4 aliphatic carbocycles. The van der Waals surface area contributed by atoms with Crippen molar-refractivity contribution in [3.63, 3.8) is 0 Å². The Labute approximate surface area is 266 Å². The summed E-state index contributed by atoms with van der Waals surface area (Å²) in [6.07, 6.45) is 25.6. The third-order valence-electron chi connectivity index (χ3n) is 13.8. The summed E-state index contributed by atoms with van der Waals surface area (Å²) in [7, 11) is 0. The van der Waals surface area contributed by atoms with Crippen molar-refractivity contribution in [2.75, 3.05) is 0 Å². The fourth-order valence-electron chi connectivity index (χ4n) is 12.0. The molecule has 11 N–H and O–H groups in total. The van der Waals surface area contributed by atoms with Gasteiger partial charge in [0.05, 0.1) is 49.3 Å². The molecule has 0 aromatic carbocycles. The molecular weight excluding hydrogens is 576 g/mol. The minimum absolute atomic E-state index is 0. The summed E-state index contributed by atoms with van der Waals surface area (Å²) in [4.78, 5) is 0. The molecule has 5 saturated heterocycles. The van der Waals surface area contributed by atoms with Gasteiger partial charge in [0, 0.05) is 19.5 Å². The Hall–Kier alpha value is 0.263. The maximum absolute atomic E-state index is 4.26. The van der Waals surface area contributed by atoms with Gasteiger partial charge in [-0.15, -0.1) is 0 Å². The molecule has 5 aliphatic heterocycles. The van der Waals surface area contributed by atoms with Crippen LogP contribution in [0.5, 0.6) is 0 Å². The van der Waals surface area contributed by atoms with Crippen LogP contribution in [-0.2, 0) is 19.5 Å². The van der Waals surface area contributed by atoms with Crippen molar-refractivity contribution in [2.24, 2.45) is 47.3 Å². The van der Waals surface area contributed by atoms with Crippen LogP contribution in [0.15, 0.2) is 0 Å². The topological polar surface area (TPSA) is 131 Å². The first-order chi connectivity index (χ1) is 19.8. The monoisotopic (exact) mass is 633 g/mol. The van der Waals surface area contributed by atoms with Crippen molar-refractivity contribution in [1.82, 2.24) is 48.7 Å². The Morgan fingerprint density at radius 1 is 0.238 bits per heavy atom. The normalized spacial score (nSPS) is 54.9. The molecule has 9 rings (SSSR count). The van der Waals surface area contributed by atoms with E-state index in [1.54, 1.807) is 0 Å². The van der Waals surface area contributed by atoms with Crippen LogP contribution in [-0.4, -0.2) is 49.3 Å². The molecule has 9 fully saturated rings. The first-order valence-electron chi connectivity index (χ1n) is 17.9. The molecule has 0 aromatic rings. The number of rotatable bonds is 0. The summed E-state index contributed by atoms with van der Waals surface area (Å²) >= 11 is 0. The molecule has 0 spiro atoms. The summed E-state index contributed by atoms with van der Waals surface area (Å²) < 4.78 is 0. The van der Waals surface area contributed by atoms with Gasteiger partial charge in [0.25, 0.3) is 0 Å². The molecule has 9 nitrogen and oxygen atoms in total. The Balaban J connectivity index is 0.00000144. The SMILES string of the molecule is C1CCC2C3NC(NC4NC(NC5NC(NC6NC(N3)C3CCCCC63)C3CCCCC53)C3CCCCC43)C2C1.N.[Zn]. The van der Waals surface area contributed by atoms with Gasteiger partial charge in [0.1, 0.15) is 0 Å². The van der Waals surface area contributed by atoms with E-state index in [-0.39, 0.29) is 25.6 Å². The summed E-state index contributed by atoms with van der Waals surface area (Å²) in [6.45, 7) is 0. The zero-order valence-corrected chi connectivity index (χ0v) is 28.9. The smallest absolute Gasteiger partial charge is 0.0628 e. The fourth-order valence-corrected chi connectivity index (χ4v) is 12.0. The van der Waals surface area contributed by atoms with Crippen molar-refractivity contribution in [2.45, 2.75) is 152 Å². The molecule has 8 unspecified atom stereocenters. The van der Waals surface area contributed by atoms with Gasteiger partial charge in [0.2, 0.25) is 0 Å². The first-order valence-corrected chi connectivity index (χ1v) is 17.9. The number of hydrogen-bond acceptors (Lipinski definition) is 9. The van der Waals surface area contributed by atoms with Crippen LogP contribution >= 0.6 is 0 Å². The van der Waals surface area contributed by atoms with Gasteiger partial charge in [0.15, 0.2) is 0 Å². The van der Waals surface area contributed by atoms with Crippen LogP contribution in [0.3, 0.4) is 0 Å². The van der Waals surface area contributed by atoms with E-state index in [1.807, 2.05) is 0 Å². The van der Waals surface area contributed by atoms with Crippen LogP contribution in [0.2, 0.25) is 0 Å². The molecule has 0 radical (unpaired) electrons. The van der Waals surface area contributed by atoms with E-state index in [1.165, 1.54) is 103 Å². The Bertz CT molecular complexity index is 718. The number of nitrogens with one attached hydrogen (secondary N) is 8. The van der Waals surface area contributed by atoms with E-state index in [0.717, 1.165) is 47.3 Å². The zero-order valence-electron chi connectivity index (χ0n) is 26.0. The Kier molecular flexibility index (Phi) is 9.42. The molecule has 9 aliphatic rings. The van der Waals surface area contributed by atoms with Gasteiger partial charge in [-0.1, -0.05) is 51.4 Å². The van der Waals surface area contributed by atoms with Crippen LogP contribution in [0, 0.1) is 47.3 Å². The van der Waals surface area contributed by atoms with E-state index < -0.39 is 0 Å². The Morgan fingerprint density at radius 3 is 0.476 bits per heavy atom. The summed E-state index contributed by atoms with van der Waals surface area (Å²) in [5.41, 5.74) is 0. The minimum Gasteiger partial charge on any atom is -0.344 e. The van der Waals surface area contributed by atoms with Crippen LogP contribution in [0.25, 0.3) is 0 Å². The third kappa shape index (κ3) is 5.30. The van der Waals surface area contributed by atoms with Crippen molar-refractivity contribution < 1.29 is 19.5 Å². The number of fused-ring (bicyclic) bond motifs is 20. The van der Waals surface area contributed by atoms with Crippen molar-refractivity contribution in [3.05, 3.63) is 0 Å². The second-order valence-corrected chi connectivity index (χ2v) is 15.6. The third-order valence-corrected chi connectivity index (χ3v) is 13.8. The van der Waals surface area contributed by atoms with Crippen LogP contribution < -0.4 is 48.7 Å². The molecule has 0 aromatic heterocycles. The quantitative estimate of drug-likeness (QED) is 0.185. The predicted octanol–water partition coefficient (Wildman–Crippen LogP) is 2.77. The van der Waals surface area contributed by atoms with Gasteiger partial charge < -0.3 is 6.15 Å². The molecular formula is C32H59N9Zn. The zero-order chi connectivity index (χ0) is 26.2. The molecule has 0 amide bonds. The first kappa shape index (κ1) is 30.9. The molecule has 5 heterocycles.